The maximum atomic E-state index is 13.5. The molecule has 3 aromatic carbocycles. The predicted octanol–water partition coefficient (Wildman–Crippen LogP) is 3.63. The Hall–Kier alpha value is -3.65. The highest BCUT2D eigenvalue weighted by Crippen LogP contribution is 2.41. The lowest BCUT2D eigenvalue weighted by molar-refractivity contribution is -0.126. The number of carbonyl (C=O) groups is 2. The maximum Gasteiger partial charge on any atom is 0.255 e. The number of rotatable bonds is 7. The molecule has 33 heavy (non-hydrogen) atoms. The fourth-order valence-electron chi connectivity index (χ4n) is 4.10. The second kappa shape index (κ2) is 9.07. The van der Waals surface area contributed by atoms with E-state index < -0.39 is 16.1 Å². The lowest BCUT2D eigenvalue weighted by atomic mass is 10.0. The van der Waals surface area contributed by atoms with Crippen LogP contribution in [-0.4, -0.2) is 31.4 Å². The Balaban J connectivity index is 1.70. The monoisotopic (exact) mass is 463 g/mol. The number of nitrogens with one attached hydrogen (secondary N) is 2. The first kappa shape index (κ1) is 22.5. The zero-order chi connectivity index (χ0) is 23.6. The summed E-state index contributed by atoms with van der Waals surface area (Å²) in [6.07, 6.45) is 1.05. The van der Waals surface area contributed by atoms with Crippen molar-refractivity contribution < 1.29 is 18.0 Å². The van der Waals surface area contributed by atoms with E-state index >= 15 is 0 Å². The van der Waals surface area contributed by atoms with E-state index in [1.54, 1.807) is 17.0 Å². The van der Waals surface area contributed by atoms with E-state index in [2.05, 4.69) is 10.0 Å². The van der Waals surface area contributed by atoms with Gasteiger partial charge in [0.05, 0.1) is 12.3 Å². The smallest absolute Gasteiger partial charge is 0.255 e. The highest BCUT2D eigenvalue weighted by atomic mass is 32.2. The number of hydrogen-bond acceptors (Lipinski definition) is 4. The molecule has 0 spiro atoms. The lowest BCUT2D eigenvalue weighted by Crippen LogP contribution is -2.40. The van der Waals surface area contributed by atoms with Gasteiger partial charge in [0, 0.05) is 17.8 Å². The summed E-state index contributed by atoms with van der Waals surface area (Å²) in [5, 5.41) is 2.95. The number of hydrogen-bond donors (Lipinski definition) is 2. The molecule has 0 saturated carbocycles. The molecule has 2 N–H and O–H groups in total. The third-order valence-corrected chi connectivity index (χ3v) is 6.26. The SMILES string of the molecule is C[C@H](c1ccccc1)N1C(=O)c2cc(NS(C)(=O)=O)ccc2C1C(=O)NCc1ccccc1. The number of benzene rings is 3. The lowest BCUT2D eigenvalue weighted by Gasteiger charge is -2.31. The zero-order valence-corrected chi connectivity index (χ0v) is 19.2. The van der Waals surface area contributed by atoms with Crippen molar-refractivity contribution in [1.29, 1.82) is 0 Å². The van der Waals surface area contributed by atoms with Crippen molar-refractivity contribution in [3.63, 3.8) is 0 Å². The predicted molar refractivity (Wildman–Crippen MR) is 127 cm³/mol. The summed E-state index contributed by atoms with van der Waals surface area (Å²) in [7, 11) is -3.51. The average Bonchev–Trinajstić information content (AvgIpc) is 3.09. The topological polar surface area (TPSA) is 95.6 Å². The molecule has 1 aliphatic rings. The minimum Gasteiger partial charge on any atom is -0.350 e. The van der Waals surface area contributed by atoms with Crippen LogP contribution >= 0.6 is 0 Å². The first-order valence-electron chi connectivity index (χ1n) is 10.6. The molecule has 3 aromatic rings. The fraction of sp³-hybridized carbons (Fsp3) is 0.200. The number of carbonyl (C=O) groups excluding carboxylic acids is 2. The molecule has 1 aliphatic heterocycles. The van der Waals surface area contributed by atoms with E-state index in [9.17, 15) is 18.0 Å². The molecular weight excluding hydrogens is 438 g/mol. The van der Waals surface area contributed by atoms with Gasteiger partial charge in [-0.1, -0.05) is 66.7 Å². The minimum atomic E-state index is -3.51. The van der Waals surface area contributed by atoms with Crippen LogP contribution in [0.25, 0.3) is 0 Å². The standard InChI is InChI=1S/C25H25N3O4S/c1-17(19-11-7-4-8-12-19)28-23(24(29)26-16-18-9-5-3-6-10-18)21-14-13-20(27-33(2,31)32)15-22(21)25(28)30/h3-15,17,23,27H,16H2,1-2H3,(H,26,29)/t17-,23?/m1/s1. The Morgan fingerprint density at radius 1 is 1.00 bits per heavy atom. The summed E-state index contributed by atoms with van der Waals surface area (Å²) in [6.45, 7) is 2.22. The van der Waals surface area contributed by atoms with Crippen molar-refractivity contribution in [2.45, 2.75) is 25.6 Å². The van der Waals surface area contributed by atoms with Crippen molar-refractivity contribution in [3.8, 4) is 0 Å². The van der Waals surface area contributed by atoms with Crippen molar-refractivity contribution in [1.82, 2.24) is 10.2 Å². The van der Waals surface area contributed by atoms with Crippen molar-refractivity contribution in [2.75, 3.05) is 11.0 Å². The first-order valence-corrected chi connectivity index (χ1v) is 12.4. The molecule has 0 bridgehead atoms. The van der Waals surface area contributed by atoms with Crippen LogP contribution in [0.3, 0.4) is 0 Å². The molecule has 4 rings (SSSR count). The number of amides is 2. The summed E-state index contributed by atoms with van der Waals surface area (Å²) in [6, 6.07) is 22.5. The number of fused-ring (bicyclic) bond motifs is 1. The van der Waals surface area contributed by atoms with Crippen LogP contribution < -0.4 is 10.0 Å². The van der Waals surface area contributed by atoms with E-state index in [1.165, 1.54) is 6.07 Å². The van der Waals surface area contributed by atoms with E-state index in [0.29, 0.717) is 17.7 Å². The summed E-state index contributed by atoms with van der Waals surface area (Å²) < 4.78 is 25.7. The Morgan fingerprint density at radius 3 is 2.27 bits per heavy atom. The molecule has 0 aliphatic carbocycles. The molecular formula is C25H25N3O4S. The first-order chi connectivity index (χ1) is 15.7. The van der Waals surface area contributed by atoms with Crippen LogP contribution in [0.1, 0.15) is 46.1 Å². The van der Waals surface area contributed by atoms with E-state index in [4.69, 9.17) is 0 Å². The fourth-order valence-corrected chi connectivity index (χ4v) is 4.66. The van der Waals surface area contributed by atoms with E-state index in [0.717, 1.165) is 17.4 Å². The van der Waals surface area contributed by atoms with Crippen molar-refractivity contribution in [3.05, 3.63) is 101 Å². The van der Waals surface area contributed by atoms with Crippen LogP contribution in [0.15, 0.2) is 78.9 Å². The molecule has 170 valence electrons. The molecule has 0 fully saturated rings. The zero-order valence-electron chi connectivity index (χ0n) is 18.4. The molecule has 0 radical (unpaired) electrons. The van der Waals surface area contributed by atoms with Crippen LogP contribution in [0, 0.1) is 0 Å². The second-order valence-corrected chi connectivity index (χ2v) is 9.83. The van der Waals surface area contributed by atoms with Gasteiger partial charge in [0.15, 0.2) is 0 Å². The minimum absolute atomic E-state index is 0.280. The van der Waals surface area contributed by atoms with Crippen molar-refractivity contribution in [2.24, 2.45) is 0 Å². The Morgan fingerprint density at radius 2 is 1.64 bits per heavy atom. The maximum absolute atomic E-state index is 13.5. The van der Waals surface area contributed by atoms with Gasteiger partial charge in [0.1, 0.15) is 6.04 Å². The molecule has 2 atom stereocenters. The largest absolute Gasteiger partial charge is 0.350 e. The molecule has 8 heteroatoms. The third-order valence-electron chi connectivity index (χ3n) is 5.65. The van der Waals surface area contributed by atoms with Gasteiger partial charge >= 0.3 is 0 Å². The highest BCUT2D eigenvalue weighted by molar-refractivity contribution is 7.92. The quantitative estimate of drug-likeness (QED) is 0.559. The molecule has 7 nitrogen and oxygen atoms in total. The van der Waals surface area contributed by atoms with Gasteiger partial charge in [-0.25, -0.2) is 8.42 Å². The van der Waals surface area contributed by atoms with Gasteiger partial charge in [-0.05, 0) is 35.7 Å². The van der Waals surface area contributed by atoms with Crippen LogP contribution in [0.5, 0.6) is 0 Å². The third kappa shape index (κ3) is 4.90. The van der Waals surface area contributed by atoms with Gasteiger partial charge in [0.2, 0.25) is 15.9 Å². The molecule has 1 unspecified atom stereocenters. The Bertz CT molecular complexity index is 1280. The van der Waals surface area contributed by atoms with Gasteiger partial charge in [-0.15, -0.1) is 0 Å². The number of sulfonamides is 1. The van der Waals surface area contributed by atoms with Gasteiger partial charge in [0.25, 0.3) is 5.91 Å². The van der Waals surface area contributed by atoms with Crippen molar-refractivity contribution >= 4 is 27.5 Å². The van der Waals surface area contributed by atoms with Crippen LogP contribution in [-0.2, 0) is 21.4 Å². The Labute approximate surface area is 193 Å². The summed E-state index contributed by atoms with van der Waals surface area (Å²) in [5.74, 6) is -0.615. The molecule has 0 aromatic heterocycles. The molecule has 2 amide bonds. The average molecular weight is 464 g/mol. The summed E-state index contributed by atoms with van der Waals surface area (Å²) in [5.41, 5.74) is 2.99. The number of anilines is 1. The second-order valence-electron chi connectivity index (χ2n) is 8.08. The summed E-state index contributed by atoms with van der Waals surface area (Å²) >= 11 is 0. The van der Waals surface area contributed by atoms with E-state index in [1.807, 2.05) is 67.6 Å². The normalized spacial score (nSPS) is 16.2. The van der Waals surface area contributed by atoms with Crippen LogP contribution in [0.4, 0.5) is 5.69 Å². The van der Waals surface area contributed by atoms with Gasteiger partial charge < -0.3 is 10.2 Å². The molecule has 1 heterocycles. The van der Waals surface area contributed by atoms with E-state index in [-0.39, 0.29) is 23.5 Å². The van der Waals surface area contributed by atoms with Gasteiger partial charge in [-0.2, -0.15) is 0 Å². The molecule has 0 saturated heterocycles. The highest BCUT2D eigenvalue weighted by Gasteiger charge is 2.43. The number of nitrogens with zero attached hydrogens (tertiary/aromatic N) is 1. The van der Waals surface area contributed by atoms with Crippen LogP contribution in [0.2, 0.25) is 0 Å². The van der Waals surface area contributed by atoms with Gasteiger partial charge in [-0.3, -0.25) is 14.3 Å². The summed E-state index contributed by atoms with van der Waals surface area (Å²) in [4.78, 5) is 28.4. The Kier molecular flexibility index (Phi) is 6.20.